The number of aromatic amines is 1. The number of allylic oxidation sites excluding steroid dienone is 2. The van der Waals surface area contributed by atoms with Gasteiger partial charge in [0.15, 0.2) is 0 Å². The van der Waals surface area contributed by atoms with Crippen molar-refractivity contribution >= 4 is 13.7 Å². The third kappa shape index (κ3) is 3.63. The number of fused-ring (bicyclic) bond motifs is 1. The summed E-state index contributed by atoms with van der Waals surface area (Å²) in [6.07, 6.45) is 0.153. The van der Waals surface area contributed by atoms with E-state index in [9.17, 15) is 9.59 Å². The lowest BCUT2D eigenvalue weighted by Gasteiger charge is -2.33. The highest BCUT2D eigenvalue weighted by atomic mass is 16.5. The second-order valence-electron chi connectivity index (χ2n) is 7.11. The van der Waals surface area contributed by atoms with Crippen molar-refractivity contribution in [2.45, 2.75) is 19.2 Å². The first-order valence-electron chi connectivity index (χ1n) is 10.1. The molecule has 2 aromatic carbocycles. The fraction of sp³-hybridized carbons (Fsp3) is 0.167. The Morgan fingerprint density at radius 3 is 2.35 bits per heavy atom. The lowest BCUT2D eigenvalue weighted by atomic mass is 9.79. The molecule has 0 aliphatic carbocycles. The normalized spacial score (nSPS) is 15.2. The fourth-order valence-corrected chi connectivity index (χ4v) is 4.01. The predicted molar refractivity (Wildman–Crippen MR) is 123 cm³/mol. The third-order valence-corrected chi connectivity index (χ3v) is 5.29. The maximum absolute atomic E-state index is 13.1. The first-order valence-corrected chi connectivity index (χ1v) is 10.1. The van der Waals surface area contributed by atoms with Crippen LogP contribution in [-0.4, -0.2) is 24.0 Å². The molecule has 0 spiro atoms. The number of ether oxygens (including phenoxy) is 1. The average Bonchev–Trinajstić information content (AvgIpc) is 2.79. The van der Waals surface area contributed by atoms with Crippen molar-refractivity contribution in [2.75, 3.05) is 11.9 Å². The molecule has 0 saturated carbocycles. The Bertz CT molecular complexity index is 1260. The maximum atomic E-state index is 13.1. The minimum absolute atomic E-state index is 0.153. The number of hydrogen-bond acceptors (Lipinski definition) is 4. The van der Waals surface area contributed by atoms with Gasteiger partial charge in [-0.25, -0.2) is 9.36 Å². The summed E-state index contributed by atoms with van der Waals surface area (Å²) in [6, 6.07) is 18.7. The van der Waals surface area contributed by atoms with E-state index in [1.807, 2.05) is 55.5 Å². The van der Waals surface area contributed by atoms with Crippen LogP contribution in [0.4, 0.5) is 5.82 Å². The van der Waals surface area contributed by atoms with Crippen LogP contribution in [0, 0.1) is 0 Å². The van der Waals surface area contributed by atoms with Crippen molar-refractivity contribution in [3.63, 3.8) is 0 Å². The molecule has 31 heavy (non-hydrogen) atoms. The highest BCUT2D eigenvalue weighted by Gasteiger charge is 2.35. The zero-order valence-corrected chi connectivity index (χ0v) is 17.2. The number of H-pyrrole nitrogens is 1. The van der Waals surface area contributed by atoms with Crippen LogP contribution in [0.25, 0.3) is 5.69 Å². The van der Waals surface area contributed by atoms with Crippen LogP contribution in [0.1, 0.15) is 24.0 Å². The molecule has 6 nitrogen and oxygen atoms in total. The Kier molecular flexibility index (Phi) is 5.67. The van der Waals surface area contributed by atoms with E-state index in [-0.39, 0.29) is 6.32 Å². The highest BCUT2D eigenvalue weighted by Crippen LogP contribution is 2.43. The Hall–Kier alpha value is -3.74. The zero-order valence-electron chi connectivity index (χ0n) is 17.2. The van der Waals surface area contributed by atoms with Crippen molar-refractivity contribution in [3.05, 3.63) is 116 Å². The van der Waals surface area contributed by atoms with E-state index in [0.29, 0.717) is 40.7 Å². The van der Waals surface area contributed by atoms with Gasteiger partial charge in [-0.3, -0.25) is 9.78 Å². The van der Waals surface area contributed by atoms with Crippen LogP contribution >= 0.6 is 0 Å². The topological polar surface area (TPSA) is 76.1 Å². The molecule has 3 aromatic rings. The van der Waals surface area contributed by atoms with Crippen LogP contribution in [0.3, 0.4) is 0 Å². The van der Waals surface area contributed by atoms with Gasteiger partial charge >= 0.3 is 5.69 Å². The van der Waals surface area contributed by atoms with Crippen molar-refractivity contribution in [1.29, 1.82) is 0 Å². The molecular weight excluding hydrogens is 389 g/mol. The van der Waals surface area contributed by atoms with Gasteiger partial charge in [0.05, 0.1) is 25.7 Å². The Morgan fingerprint density at radius 2 is 1.74 bits per heavy atom. The molecule has 2 N–H and O–H groups in total. The first kappa shape index (κ1) is 20.5. The van der Waals surface area contributed by atoms with E-state index in [2.05, 4.69) is 16.9 Å². The molecule has 2 radical (unpaired) electrons. The smallest absolute Gasteiger partial charge is 0.334 e. The molecule has 1 unspecified atom stereocenters. The SMILES string of the molecule is [B]CC1=C(C(=C)OCC)C(c2ccccc2)c2c(n(-c3ccccc3)c(=O)[nH]c2=O)N1. The van der Waals surface area contributed by atoms with Gasteiger partial charge in [0.25, 0.3) is 5.56 Å². The van der Waals surface area contributed by atoms with Gasteiger partial charge in [0, 0.05) is 17.2 Å². The molecule has 1 aromatic heterocycles. The summed E-state index contributed by atoms with van der Waals surface area (Å²) in [7, 11) is 6.10. The van der Waals surface area contributed by atoms with Crippen LogP contribution in [0.2, 0.25) is 6.32 Å². The van der Waals surface area contributed by atoms with Crippen molar-refractivity contribution in [3.8, 4) is 5.69 Å². The van der Waals surface area contributed by atoms with E-state index in [1.165, 1.54) is 4.57 Å². The second kappa shape index (κ2) is 8.56. The van der Waals surface area contributed by atoms with Crippen LogP contribution in [-0.2, 0) is 4.74 Å². The van der Waals surface area contributed by atoms with Gasteiger partial charge in [-0.05, 0) is 30.9 Å². The first-order chi connectivity index (χ1) is 15.1. The Morgan fingerprint density at radius 1 is 1.10 bits per heavy atom. The number of aromatic nitrogens is 2. The Balaban J connectivity index is 2.07. The van der Waals surface area contributed by atoms with Crippen LogP contribution in [0.5, 0.6) is 0 Å². The fourth-order valence-electron chi connectivity index (χ4n) is 4.01. The van der Waals surface area contributed by atoms with Gasteiger partial charge in [0.1, 0.15) is 11.6 Å². The van der Waals surface area contributed by atoms with Gasteiger partial charge in [-0.1, -0.05) is 55.1 Å². The molecule has 1 atom stereocenters. The van der Waals surface area contributed by atoms with Crippen LogP contribution in [0.15, 0.2) is 93.9 Å². The molecule has 7 heteroatoms. The summed E-state index contributed by atoms with van der Waals surface area (Å²) < 4.78 is 7.19. The third-order valence-electron chi connectivity index (χ3n) is 5.29. The molecule has 0 saturated heterocycles. The van der Waals surface area contributed by atoms with Crippen LogP contribution < -0.4 is 16.6 Å². The van der Waals surface area contributed by atoms with Crippen molar-refractivity contribution < 1.29 is 4.74 Å². The van der Waals surface area contributed by atoms with Gasteiger partial charge < -0.3 is 10.1 Å². The molecule has 2 heterocycles. The molecule has 0 fully saturated rings. The van der Waals surface area contributed by atoms with Crippen molar-refractivity contribution in [1.82, 2.24) is 9.55 Å². The average molecular weight is 411 g/mol. The number of nitrogens with zero attached hydrogens (tertiary/aromatic N) is 1. The number of hydrogen-bond donors (Lipinski definition) is 2. The molecular formula is C24H22BN3O3. The van der Waals surface area contributed by atoms with Gasteiger partial charge in [-0.15, -0.1) is 0 Å². The highest BCUT2D eigenvalue weighted by molar-refractivity contribution is 6.10. The van der Waals surface area contributed by atoms with E-state index >= 15 is 0 Å². The van der Waals surface area contributed by atoms with Crippen molar-refractivity contribution in [2.24, 2.45) is 0 Å². The molecule has 1 aliphatic heterocycles. The summed E-state index contributed by atoms with van der Waals surface area (Å²) >= 11 is 0. The van der Waals surface area contributed by atoms with Gasteiger partial charge in [0.2, 0.25) is 0 Å². The summed E-state index contributed by atoms with van der Waals surface area (Å²) in [5, 5.41) is 3.24. The lowest BCUT2D eigenvalue weighted by molar-refractivity contribution is 0.236. The summed E-state index contributed by atoms with van der Waals surface area (Å²) in [4.78, 5) is 28.5. The summed E-state index contributed by atoms with van der Waals surface area (Å²) in [5.74, 6) is 0.323. The molecule has 1 aliphatic rings. The molecule has 4 rings (SSSR count). The standard InChI is InChI=1S/C24H22BN3O3/c1-3-31-15(2)19-18(14-25)26-22-21(20(19)16-10-6-4-7-11-16)23(29)27-24(30)28(22)17-12-8-5-9-13-17/h4-13,20,26H,2-3,14H2,1H3,(H,27,29,30). The monoisotopic (exact) mass is 411 g/mol. The molecule has 0 amide bonds. The minimum atomic E-state index is -0.530. The quantitative estimate of drug-likeness (QED) is 0.481. The largest absolute Gasteiger partial charge is 0.494 e. The van der Waals surface area contributed by atoms with E-state index < -0.39 is 17.2 Å². The molecule has 0 bridgehead atoms. The second-order valence-corrected chi connectivity index (χ2v) is 7.11. The number of anilines is 1. The minimum Gasteiger partial charge on any atom is -0.494 e. The van der Waals surface area contributed by atoms with E-state index in [0.717, 1.165) is 5.56 Å². The molecule has 154 valence electrons. The maximum Gasteiger partial charge on any atom is 0.334 e. The predicted octanol–water partition coefficient (Wildman–Crippen LogP) is 3.47. The van der Waals surface area contributed by atoms with E-state index in [4.69, 9.17) is 12.6 Å². The number of nitrogens with one attached hydrogen (secondary N) is 2. The summed E-state index contributed by atoms with van der Waals surface area (Å²) in [6.45, 7) is 6.38. The summed E-state index contributed by atoms with van der Waals surface area (Å²) in [5.41, 5.74) is 2.26. The van der Waals surface area contributed by atoms with E-state index in [1.54, 1.807) is 12.1 Å². The zero-order chi connectivity index (χ0) is 22.0. The van der Waals surface area contributed by atoms with Gasteiger partial charge in [-0.2, -0.15) is 0 Å². The lowest BCUT2D eigenvalue weighted by Crippen LogP contribution is -2.38. The Labute approximate surface area is 181 Å². The number of benzene rings is 2. The number of rotatable bonds is 6. The number of para-hydroxylation sites is 1.